The average molecular weight is 399 g/mol. The molecule has 0 radical (unpaired) electrons. The smallest absolute Gasteiger partial charge is 0.269 e. The van der Waals surface area contributed by atoms with E-state index in [1.165, 1.54) is 17.0 Å². The zero-order valence-corrected chi connectivity index (χ0v) is 16.8. The van der Waals surface area contributed by atoms with E-state index in [0.717, 1.165) is 36.4 Å². The van der Waals surface area contributed by atoms with E-state index in [1.807, 2.05) is 18.2 Å². The van der Waals surface area contributed by atoms with Gasteiger partial charge < -0.3 is 14.4 Å². The number of rotatable bonds is 7. The minimum absolute atomic E-state index is 0.000624. The topological polar surface area (TPSA) is 85.2 Å². The van der Waals surface area contributed by atoms with Crippen molar-refractivity contribution < 1.29 is 19.2 Å². The van der Waals surface area contributed by atoms with Gasteiger partial charge in [0.15, 0.2) is 0 Å². The van der Waals surface area contributed by atoms with Gasteiger partial charge in [-0.2, -0.15) is 0 Å². The highest BCUT2D eigenvalue weighted by atomic mass is 16.6. The van der Waals surface area contributed by atoms with Crippen LogP contribution in [0.25, 0.3) is 0 Å². The summed E-state index contributed by atoms with van der Waals surface area (Å²) < 4.78 is 10.9. The van der Waals surface area contributed by atoms with Gasteiger partial charge in [-0.1, -0.05) is 0 Å². The lowest BCUT2D eigenvalue weighted by Gasteiger charge is -2.28. The summed E-state index contributed by atoms with van der Waals surface area (Å²) in [4.78, 5) is 26.9. The molecule has 0 N–H and O–H groups in total. The zero-order chi connectivity index (χ0) is 21.0. The molecule has 0 aliphatic carbocycles. The number of amides is 1. The number of hydrogen-bond donors (Lipinski definition) is 0. The van der Waals surface area contributed by atoms with Crippen LogP contribution in [0.2, 0.25) is 0 Å². The standard InChI is InChI=1S/C21H25N3O5/c1-22(15-6-8-16(9-7-15)24(26)27)21(25)14-23-12-4-5-19(23)18-13-17(28-2)10-11-20(18)29-3/h6-11,13,19H,4-5,12,14H2,1-3H3. The summed E-state index contributed by atoms with van der Waals surface area (Å²) in [6.07, 6.45) is 1.91. The SMILES string of the molecule is COc1ccc(OC)c(C2CCCN2CC(=O)N(C)c2ccc([N+](=O)[O-])cc2)c1. The second-order valence-electron chi connectivity index (χ2n) is 6.96. The van der Waals surface area contributed by atoms with Gasteiger partial charge in [0.05, 0.1) is 25.7 Å². The molecule has 1 aliphatic heterocycles. The molecule has 8 nitrogen and oxygen atoms in total. The first-order valence-electron chi connectivity index (χ1n) is 9.41. The molecule has 0 saturated carbocycles. The normalized spacial score (nSPS) is 16.4. The maximum absolute atomic E-state index is 12.9. The minimum atomic E-state index is -0.456. The number of carbonyl (C=O) groups is 1. The third-order valence-electron chi connectivity index (χ3n) is 5.32. The lowest BCUT2D eigenvalue weighted by atomic mass is 10.0. The highest BCUT2D eigenvalue weighted by Crippen LogP contribution is 2.38. The van der Waals surface area contributed by atoms with Crippen molar-refractivity contribution in [1.82, 2.24) is 4.90 Å². The third kappa shape index (κ3) is 4.48. The first-order valence-corrected chi connectivity index (χ1v) is 9.41. The summed E-state index contributed by atoms with van der Waals surface area (Å²) in [5, 5.41) is 10.8. The summed E-state index contributed by atoms with van der Waals surface area (Å²) in [5.41, 5.74) is 1.63. The van der Waals surface area contributed by atoms with Gasteiger partial charge in [0, 0.05) is 36.5 Å². The van der Waals surface area contributed by atoms with Crippen LogP contribution in [0.3, 0.4) is 0 Å². The number of carbonyl (C=O) groups excluding carboxylic acids is 1. The Morgan fingerprint density at radius 3 is 2.55 bits per heavy atom. The highest BCUT2D eigenvalue weighted by Gasteiger charge is 2.31. The zero-order valence-electron chi connectivity index (χ0n) is 16.8. The number of non-ortho nitro benzene ring substituents is 1. The van der Waals surface area contributed by atoms with Gasteiger partial charge in [0.2, 0.25) is 5.91 Å². The number of anilines is 1. The summed E-state index contributed by atoms with van der Waals surface area (Å²) in [6, 6.07) is 11.7. The molecule has 2 aromatic rings. The van der Waals surface area contributed by atoms with Gasteiger partial charge in [0.25, 0.3) is 5.69 Å². The molecule has 2 aromatic carbocycles. The first-order chi connectivity index (χ1) is 13.9. The molecule has 1 fully saturated rings. The molecule has 1 heterocycles. The summed E-state index contributed by atoms with van der Waals surface area (Å²) in [7, 11) is 4.94. The van der Waals surface area contributed by atoms with Crippen LogP contribution < -0.4 is 14.4 Å². The fourth-order valence-corrected chi connectivity index (χ4v) is 3.69. The minimum Gasteiger partial charge on any atom is -0.497 e. The molecule has 1 saturated heterocycles. The predicted octanol–water partition coefficient (Wildman–Crippen LogP) is 3.41. The van der Waals surface area contributed by atoms with Crippen molar-refractivity contribution in [3.8, 4) is 11.5 Å². The second kappa shape index (κ2) is 8.91. The van der Waals surface area contributed by atoms with Crippen LogP contribution in [0.1, 0.15) is 24.4 Å². The van der Waals surface area contributed by atoms with Gasteiger partial charge in [-0.05, 0) is 49.7 Å². The number of likely N-dealkylation sites (N-methyl/N-ethyl adjacent to an activating group) is 1. The average Bonchev–Trinajstić information content (AvgIpc) is 3.20. The molecular weight excluding hydrogens is 374 g/mol. The Hall–Kier alpha value is -3.13. The highest BCUT2D eigenvalue weighted by molar-refractivity contribution is 5.94. The van der Waals surface area contributed by atoms with Gasteiger partial charge in [-0.15, -0.1) is 0 Å². The quantitative estimate of drug-likeness (QED) is 0.524. The van der Waals surface area contributed by atoms with E-state index in [4.69, 9.17) is 9.47 Å². The van der Waals surface area contributed by atoms with Crippen molar-refractivity contribution in [1.29, 1.82) is 0 Å². The van der Waals surface area contributed by atoms with Crippen molar-refractivity contribution in [2.45, 2.75) is 18.9 Å². The van der Waals surface area contributed by atoms with E-state index in [0.29, 0.717) is 5.69 Å². The van der Waals surface area contributed by atoms with E-state index >= 15 is 0 Å². The summed E-state index contributed by atoms with van der Waals surface area (Å²) in [5.74, 6) is 1.45. The van der Waals surface area contributed by atoms with Crippen molar-refractivity contribution >= 4 is 17.3 Å². The molecule has 8 heteroatoms. The number of methoxy groups -OCH3 is 2. The molecule has 3 rings (SSSR count). The van der Waals surface area contributed by atoms with Crippen molar-refractivity contribution in [3.05, 3.63) is 58.1 Å². The molecule has 154 valence electrons. The molecule has 1 amide bonds. The Labute approximate surface area is 169 Å². The van der Waals surface area contributed by atoms with Gasteiger partial charge in [-0.3, -0.25) is 19.8 Å². The van der Waals surface area contributed by atoms with E-state index in [2.05, 4.69) is 4.90 Å². The molecule has 1 aliphatic rings. The van der Waals surface area contributed by atoms with Crippen LogP contribution in [-0.4, -0.2) is 50.1 Å². The molecule has 1 unspecified atom stereocenters. The number of nitrogens with zero attached hydrogens (tertiary/aromatic N) is 3. The fraction of sp³-hybridized carbons (Fsp3) is 0.381. The van der Waals surface area contributed by atoms with Crippen molar-refractivity contribution in [2.24, 2.45) is 0 Å². The van der Waals surface area contributed by atoms with Gasteiger partial charge in [-0.25, -0.2) is 0 Å². The molecule has 0 spiro atoms. The van der Waals surface area contributed by atoms with Gasteiger partial charge >= 0.3 is 0 Å². The van der Waals surface area contributed by atoms with Crippen LogP contribution in [0, 0.1) is 10.1 Å². The van der Waals surface area contributed by atoms with Gasteiger partial charge in [0.1, 0.15) is 11.5 Å². The Kier molecular flexibility index (Phi) is 6.33. The van der Waals surface area contributed by atoms with Crippen molar-refractivity contribution in [3.63, 3.8) is 0 Å². The number of ether oxygens (including phenoxy) is 2. The number of nitro groups is 1. The largest absolute Gasteiger partial charge is 0.497 e. The summed E-state index contributed by atoms with van der Waals surface area (Å²) >= 11 is 0. The van der Waals surface area contributed by atoms with E-state index in [1.54, 1.807) is 33.4 Å². The maximum Gasteiger partial charge on any atom is 0.269 e. The van der Waals surface area contributed by atoms with E-state index in [-0.39, 0.29) is 24.2 Å². The molecule has 1 atom stereocenters. The number of hydrogen-bond acceptors (Lipinski definition) is 6. The van der Waals surface area contributed by atoms with Crippen LogP contribution in [0.15, 0.2) is 42.5 Å². The molecule has 0 bridgehead atoms. The Balaban J connectivity index is 1.75. The Bertz CT molecular complexity index is 884. The first kappa shape index (κ1) is 20.6. The summed E-state index contributed by atoms with van der Waals surface area (Å²) in [6.45, 7) is 1.06. The monoisotopic (exact) mass is 399 g/mol. The predicted molar refractivity (Wildman–Crippen MR) is 110 cm³/mol. The third-order valence-corrected chi connectivity index (χ3v) is 5.32. The lowest BCUT2D eigenvalue weighted by Crippen LogP contribution is -2.38. The maximum atomic E-state index is 12.9. The number of likely N-dealkylation sites (tertiary alicyclic amines) is 1. The molecular formula is C21H25N3O5. The fourth-order valence-electron chi connectivity index (χ4n) is 3.69. The van der Waals surface area contributed by atoms with Crippen molar-refractivity contribution in [2.75, 3.05) is 39.3 Å². The molecule has 29 heavy (non-hydrogen) atoms. The van der Waals surface area contributed by atoms with E-state index < -0.39 is 4.92 Å². The Morgan fingerprint density at radius 2 is 1.93 bits per heavy atom. The van der Waals surface area contributed by atoms with Crippen LogP contribution in [0.4, 0.5) is 11.4 Å². The number of nitro benzene ring substituents is 1. The molecule has 0 aromatic heterocycles. The lowest BCUT2D eigenvalue weighted by molar-refractivity contribution is -0.384. The Morgan fingerprint density at radius 1 is 1.21 bits per heavy atom. The van der Waals surface area contributed by atoms with Crippen LogP contribution in [0.5, 0.6) is 11.5 Å². The van der Waals surface area contributed by atoms with Crippen LogP contribution in [-0.2, 0) is 4.79 Å². The van der Waals surface area contributed by atoms with Crippen LogP contribution >= 0.6 is 0 Å². The number of benzene rings is 2. The van der Waals surface area contributed by atoms with E-state index in [9.17, 15) is 14.9 Å². The second-order valence-corrected chi connectivity index (χ2v) is 6.96.